The van der Waals surface area contributed by atoms with Crippen molar-refractivity contribution in [1.82, 2.24) is 10.1 Å². The van der Waals surface area contributed by atoms with Crippen molar-refractivity contribution in [2.24, 2.45) is 5.41 Å². The first-order chi connectivity index (χ1) is 9.76. The first-order valence-corrected chi connectivity index (χ1v) is 8.03. The maximum Gasteiger partial charge on any atom is 0.249 e. The van der Waals surface area contributed by atoms with Crippen molar-refractivity contribution in [2.75, 3.05) is 16.9 Å². The molecular weight excluding hydrogens is 290 g/mol. The van der Waals surface area contributed by atoms with Gasteiger partial charge in [-0.05, 0) is 12.3 Å². The Morgan fingerprint density at radius 1 is 1.52 bits per heavy atom. The van der Waals surface area contributed by atoms with Gasteiger partial charge in [-0.15, -0.1) is 11.8 Å². The minimum atomic E-state index is -0.443. The molecule has 1 saturated heterocycles. The fourth-order valence-corrected chi connectivity index (χ4v) is 3.28. The number of carbonyl (C=O) groups is 2. The maximum atomic E-state index is 12.3. The van der Waals surface area contributed by atoms with Gasteiger partial charge >= 0.3 is 0 Å². The molecule has 0 aliphatic carbocycles. The Balaban J connectivity index is 2.00. The first kappa shape index (κ1) is 15.9. The van der Waals surface area contributed by atoms with E-state index >= 15 is 0 Å². The topological polar surface area (TPSA) is 75.4 Å². The van der Waals surface area contributed by atoms with Crippen LogP contribution in [0, 0.1) is 12.3 Å². The maximum absolute atomic E-state index is 12.3. The minimum absolute atomic E-state index is 0.0176. The summed E-state index contributed by atoms with van der Waals surface area (Å²) in [6, 6.07) is 1.21. The molecule has 1 aromatic rings. The summed E-state index contributed by atoms with van der Waals surface area (Å²) in [5, 5.41) is 6.44. The van der Waals surface area contributed by atoms with E-state index in [-0.39, 0.29) is 17.2 Å². The van der Waals surface area contributed by atoms with Gasteiger partial charge in [0, 0.05) is 18.2 Å². The number of anilines is 1. The van der Waals surface area contributed by atoms with Gasteiger partial charge in [-0.2, -0.15) is 0 Å². The smallest absolute Gasteiger partial charge is 0.249 e. The highest BCUT2D eigenvalue weighted by molar-refractivity contribution is 7.99. The lowest BCUT2D eigenvalue weighted by molar-refractivity contribution is -0.137. The highest BCUT2D eigenvalue weighted by Crippen LogP contribution is 2.27. The Hall–Kier alpha value is -1.50. The van der Waals surface area contributed by atoms with Crippen molar-refractivity contribution >= 4 is 29.4 Å². The number of amides is 2. The molecule has 2 amide bonds. The molecule has 21 heavy (non-hydrogen) atoms. The molecule has 0 bridgehead atoms. The van der Waals surface area contributed by atoms with Gasteiger partial charge < -0.3 is 14.7 Å². The first-order valence-electron chi connectivity index (χ1n) is 6.88. The summed E-state index contributed by atoms with van der Waals surface area (Å²) in [5.74, 6) is 1.99. The Morgan fingerprint density at radius 2 is 2.24 bits per heavy atom. The molecule has 0 radical (unpaired) electrons. The van der Waals surface area contributed by atoms with Crippen LogP contribution in [0.3, 0.4) is 0 Å². The minimum Gasteiger partial charge on any atom is -0.360 e. The van der Waals surface area contributed by atoms with Crippen molar-refractivity contribution in [1.29, 1.82) is 0 Å². The van der Waals surface area contributed by atoms with Gasteiger partial charge in [0.15, 0.2) is 5.82 Å². The Bertz CT molecular complexity index is 536. The van der Waals surface area contributed by atoms with Crippen molar-refractivity contribution in [3.8, 4) is 0 Å². The molecule has 0 saturated carbocycles. The molecule has 1 aliphatic heterocycles. The Morgan fingerprint density at radius 3 is 2.81 bits per heavy atom. The number of rotatable bonds is 3. The van der Waals surface area contributed by atoms with Crippen LogP contribution in [0.15, 0.2) is 10.6 Å². The third-order valence-corrected chi connectivity index (χ3v) is 4.08. The number of carbonyl (C=O) groups excluding carboxylic acids is 2. The molecule has 2 rings (SSSR count). The van der Waals surface area contributed by atoms with Crippen LogP contribution in [0.1, 0.15) is 33.0 Å². The molecule has 7 heteroatoms. The average Bonchev–Trinajstić information content (AvgIpc) is 2.95. The molecule has 1 fully saturated rings. The van der Waals surface area contributed by atoms with E-state index in [4.69, 9.17) is 4.52 Å². The highest BCUT2D eigenvalue weighted by Gasteiger charge is 2.36. The van der Waals surface area contributed by atoms with E-state index in [0.717, 1.165) is 0 Å². The highest BCUT2D eigenvalue weighted by atomic mass is 32.2. The van der Waals surface area contributed by atoms with Gasteiger partial charge in [0.25, 0.3) is 0 Å². The van der Waals surface area contributed by atoms with E-state index in [1.807, 2.05) is 20.8 Å². The number of nitrogens with zero attached hydrogens (tertiary/aromatic N) is 2. The lowest BCUT2D eigenvalue weighted by Crippen LogP contribution is -2.45. The predicted octanol–water partition coefficient (Wildman–Crippen LogP) is 2.26. The van der Waals surface area contributed by atoms with E-state index in [0.29, 0.717) is 29.6 Å². The van der Waals surface area contributed by atoms with Crippen LogP contribution in [-0.4, -0.2) is 39.5 Å². The summed E-state index contributed by atoms with van der Waals surface area (Å²) in [4.78, 5) is 26.3. The second kappa shape index (κ2) is 6.09. The lowest BCUT2D eigenvalue weighted by Gasteiger charge is -2.26. The zero-order valence-corrected chi connectivity index (χ0v) is 13.6. The van der Waals surface area contributed by atoms with Crippen LogP contribution in [0.5, 0.6) is 0 Å². The Kier molecular flexibility index (Phi) is 4.61. The number of aromatic nitrogens is 1. The molecule has 6 nitrogen and oxygen atoms in total. The van der Waals surface area contributed by atoms with E-state index in [1.54, 1.807) is 29.7 Å². The number of thioether (sulfide) groups is 1. The quantitative estimate of drug-likeness (QED) is 0.926. The van der Waals surface area contributed by atoms with Crippen molar-refractivity contribution in [2.45, 2.75) is 40.2 Å². The predicted molar refractivity (Wildman–Crippen MR) is 81.9 cm³/mol. The fraction of sp³-hybridized carbons (Fsp3) is 0.643. The van der Waals surface area contributed by atoms with E-state index in [9.17, 15) is 9.59 Å². The van der Waals surface area contributed by atoms with Gasteiger partial charge in [0.2, 0.25) is 11.8 Å². The van der Waals surface area contributed by atoms with Crippen LogP contribution in [0.25, 0.3) is 0 Å². The number of aryl methyl sites for hydroxylation is 1. The van der Waals surface area contributed by atoms with Crippen molar-refractivity contribution < 1.29 is 14.1 Å². The molecule has 116 valence electrons. The molecule has 1 aromatic heterocycles. The van der Waals surface area contributed by atoms with Crippen molar-refractivity contribution in [3.05, 3.63) is 11.8 Å². The molecule has 1 unspecified atom stereocenters. The molecular formula is C14H21N3O3S. The average molecular weight is 311 g/mol. The van der Waals surface area contributed by atoms with Gasteiger partial charge in [-0.3, -0.25) is 9.59 Å². The van der Waals surface area contributed by atoms with Crippen molar-refractivity contribution in [3.63, 3.8) is 0 Å². The normalized spacial score (nSPS) is 18.9. The lowest BCUT2D eigenvalue weighted by atomic mass is 9.91. The summed E-state index contributed by atoms with van der Waals surface area (Å²) in [7, 11) is 0. The summed E-state index contributed by atoms with van der Waals surface area (Å²) in [5.41, 5.74) is -0.0887. The second-order valence-corrected chi connectivity index (χ2v) is 7.43. The molecule has 0 aromatic carbocycles. The van der Waals surface area contributed by atoms with Gasteiger partial charge in [-0.1, -0.05) is 25.9 Å². The van der Waals surface area contributed by atoms with Crippen LogP contribution in [0.2, 0.25) is 0 Å². The van der Waals surface area contributed by atoms with E-state index in [1.165, 1.54) is 0 Å². The largest absolute Gasteiger partial charge is 0.360 e. The zero-order chi connectivity index (χ0) is 15.6. The molecule has 1 atom stereocenters. The standard InChI is InChI=1S/C14H21N3O3S/c1-9-5-11(16-20-9)15-13(19)10-7-21-8-17(10)12(18)6-14(2,3)4/h5,10H,6-8H2,1-4H3,(H,15,16,19). The Labute approximate surface area is 128 Å². The molecule has 1 aliphatic rings. The van der Waals surface area contributed by atoms with Gasteiger partial charge in [-0.25, -0.2) is 0 Å². The number of hydrogen-bond acceptors (Lipinski definition) is 5. The van der Waals surface area contributed by atoms with Crippen LogP contribution in [-0.2, 0) is 9.59 Å². The van der Waals surface area contributed by atoms with Crippen LogP contribution >= 0.6 is 11.8 Å². The third-order valence-electron chi connectivity index (χ3n) is 3.07. The number of nitrogens with one attached hydrogen (secondary N) is 1. The SMILES string of the molecule is Cc1cc(NC(=O)C2CSCN2C(=O)CC(C)(C)C)no1. The summed E-state index contributed by atoms with van der Waals surface area (Å²) in [6.07, 6.45) is 0.431. The number of hydrogen-bond donors (Lipinski definition) is 1. The van der Waals surface area contributed by atoms with Gasteiger partial charge in [0.05, 0.1) is 5.88 Å². The third kappa shape index (κ3) is 4.23. The summed E-state index contributed by atoms with van der Waals surface area (Å²) < 4.78 is 4.92. The monoisotopic (exact) mass is 311 g/mol. The summed E-state index contributed by atoms with van der Waals surface area (Å²) in [6.45, 7) is 7.80. The fourth-order valence-electron chi connectivity index (χ4n) is 2.10. The van der Waals surface area contributed by atoms with Crippen LogP contribution < -0.4 is 5.32 Å². The second-order valence-electron chi connectivity index (χ2n) is 6.43. The molecule has 0 spiro atoms. The molecule has 2 heterocycles. The van der Waals surface area contributed by atoms with Gasteiger partial charge in [0.1, 0.15) is 11.8 Å². The van der Waals surface area contributed by atoms with E-state index < -0.39 is 6.04 Å². The molecule has 1 N–H and O–H groups in total. The zero-order valence-electron chi connectivity index (χ0n) is 12.8. The van der Waals surface area contributed by atoms with Crippen LogP contribution in [0.4, 0.5) is 5.82 Å². The van der Waals surface area contributed by atoms with E-state index in [2.05, 4.69) is 10.5 Å². The summed E-state index contributed by atoms with van der Waals surface area (Å²) >= 11 is 1.59.